The number of hydrogen-bond donors (Lipinski definition) is 1. The van der Waals surface area contributed by atoms with Gasteiger partial charge in [0.25, 0.3) is 5.69 Å². The fraction of sp³-hybridized carbons (Fsp3) is 0.407. The molecule has 8 nitrogen and oxygen atoms in total. The molecule has 35 heavy (non-hydrogen) atoms. The van der Waals surface area contributed by atoms with Crippen LogP contribution in [-0.4, -0.2) is 46.4 Å². The predicted octanol–water partition coefficient (Wildman–Crippen LogP) is 4.96. The number of piperidine rings is 1. The van der Waals surface area contributed by atoms with Crippen molar-refractivity contribution in [1.29, 1.82) is 0 Å². The Morgan fingerprint density at radius 2 is 1.91 bits per heavy atom. The number of esters is 1. The van der Waals surface area contributed by atoms with E-state index in [0.717, 1.165) is 28.5 Å². The zero-order valence-corrected chi connectivity index (χ0v) is 20.2. The molecule has 0 radical (unpaired) electrons. The minimum Gasteiger partial charge on any atom is -0.466 e. The number of rotatable bonds is 8. The van der Waals surface area contributed by atoms with Crippen LogP contribution >= 0.6 is 0 Å². The van der Waals surface area contributed by atoms with Crippen molar-refractivity contribution < 1.29 is 19.2 Å². The first kappa shape index (κ1) is 24.4. The summed E-state index contributed by atoms with van der Waals surface area (Å²) in [5, 5.41) is 12.5. The molecule has 2 aromatic carbocycles. The van der Waals surface area contributed by atoms with Gasteiger partial charge in [-0.3, -0.25) is 19.7 Å². The van der Waals surface area contributed by atoms with E-state index in [0.29, 0.717) is 32.5 Å². The van der Waals surface area contributed by atoms with Gasteiger partial charge in [0.15, 0.2) is 0 Å². The number of nitrogens with zero attached hydrogens (tertiary/aromatic N) is 2. The molecule has 1 fully saturated rings. The number of aromatic nitrogens is 1. The van der Waals surface area contributed by atoms with E-state index in [-0.39, 0.29) is 35.8 Å². The molecule has 1 atom stereocenters. The highest BCUT2D eigenvalue weighted by molar-refractivity contribution is 5.88. The van der Waals surface area contributed by atoms with Crippen LogP contribution in [0.25, 0.3) is 10.9 Å². The standard InChI is InChI=1S/C27H31N3O5/c1-3-18-7-6-10-22-24(17-28-26(18)22)23(20-8-5-9-21(15-20)30(33)34)16-25(31)29-13-11-19(12-14-29)27(32)35-4-2/h5-10,15,17,19,23,28H,3-4,11-14,16H2,1-2H3. The third-order valence-electron chi connectivity index (χ3n) is 6.92. The highest BCUT2D eigenvalue weighted by Crippen LogP contribution is 2.36. The first-order valence-corrected chi connectivity index (χ1v) is 12.2. The predicted molar refractivity (Wildman–Crippen MR) is 133 cm³/mol. The number of aryl methyl sites for hydroxylation is 1. The Hall–Kier alpha value is -3.68. The number of nitro groups is 1. The molecule has 184 valence electrons. The molecule has 1 unspecified atom stereocenters. The fourth-order valence-electron chi connectivity index (χ4n) is 5.01. The van der Waals surface area contributed by atoms with Gasteiger partial charge in [-0.2, -0.15) is 0 Å². The molecule has 2 heterocycles. The van der Waals surface area contributed by atoms with Gasteiger partial charge >= 0.3 is 5.97 Å². The molecule has 4 rings (SSSR count). The molecule has 3 aromatic rings. The maximum Gasteiger partial charge on any atom is 0.309 e. The Kier molecular flexibility index (Phi) is 7.48. The Labute approximate surface area is 204 Å². The number of carbonyl (C=O) groups is 2. The summed E-state index contributed by atoms with van der Waals surface area (Å²) >= 11 is 0. The number of nitrogens with one attached hydrogen (secondary N) is 1. The quantitative estimate of drug-likeness (QED) is 0.280. The highest BCUT2D eigenvalue weighted by atomic mass is 16.6. The van der Waals surface area contributed by atoms with Crippen LogP contribution in [0, 0.1) is 16.0 Å². The van der Waals surface area contributed by atoms with Gasteiger partial charge in [0.05, 0.1) is 17.4 Å². The van der Waals surface area contributed by atoms with Crippen molar-refractivity contribution in [2.45, 2.75) is 45.4 Å². The van der Waals surface area contributed by atoms with E-state index in [1.807, 2.05) is 24.4 Å². The van der Waals surface area contributed by atoms with E-state index >= 15 is 0 Å². The van der Waals surface area contributed by atoms with Crippen LogP contribution in [0.15, 0.2) is 48.7 Å². The lowest BCUT2D eigenvalue weighted by atomic mass is 9.86. The Morgan fingerprint density at radius 1 is 1.17 bits per heavy atom. The second-order valence-corrected chi connectivity index (χ2v) is 8.95. The van der Waals surface area contributed by atoms with Crippen molar-refractivity contribution in [3.05, 3.63) is 75.5 Å². The molecule has 1 amide bonds. The van der Waals surface area contributed by atoms with Gasteiger partial charge in [0, 0.05) is 54.7 Å². The van der Waals surface area contributed by atoms with Gasteiger partial charge in [0.2, 0.25) is 5.91 Å². The average Bonchev–Trinajstić information content (AvgIpc) is 3.31. The number of likely N-dealkylation sites (tertiary alicyclic amines) is 1. The summed E-state index contributed by atoms with van der Waals surface area (Å²) in [5.41, 5.74) is 3.90. The number of amides is 1. The van der Waals surface area contributed by atoms with Crippen molar-refractivity contribution in [2.75, 3.05) is 19.7 Å². The van der Waals surface area contributed by atoms with Gasteiger partial charge in [-0.05, 0) is 42.9 Å². The number of H-pyrrole nitrogens is 1. The normalized spacial score (nSPS) is 15.2. The lowest BCUT2D eigenvalue weighted by Gasteiger charge is -2.32. The van der Waals surface area contributed by atoms with Crippen molar-refractivity contribution in [1.82, 2.24) is 9.88 Å². The minimum atomic E-state index is -0.410. The van der Waals surface area contributed by atoms with Crippen LogP contribution in [0.2, 0.25) is 0 Å². The first-order chi connectivity index (χ1) is 16.9. The van der Waals surface area contributed by atoms with Gasteiger partial charge < -0.3 is 14.6 Å². The van der Waals surface area contributed by atoms with Crippen LogP contribution in [0.5, 0.6) is 0 Å². The molecule has 0 spiro atoms. The SMILES string of the molecule is CCOC(=O)C1CCN(C(=O)CC(c2cccc([N+](=O)[O-])c2)c2c[nH]c3c(CC)cccc23)CC1. The van der Waals surface area contributed by atoms with Gasteiger partial charge in [-0.15, -0.1) is 0 Å². The number of aromatic amines is 1. The zero-order valence-electron chi connectivity index (χ0n) is 20.2. The molecular weight excluding hydrogens is 446 g/mol. The van der Waals surface area contributed by atoms with Crippen molar-refractivity contribution >= 4 is 28.5 Å². The van der Waals surface area contributed by atoms with Gasteiger partial charge in [0.1, 0.15) is 0 Å². The number of para-hydroxylation sites is 1. The molecule has 0 bridgehead atoms. The molecule has 1 aromatic heterocycles. The number of hydrogen-bond acceptors (Lipinski definition) is 5. The van der Waals surface area contributed by atoms with Crippen LogP contribution in [0.1, 0.15) is 55.7 Å². The van der Waals surface area contributed by atoms with E-state index in [9.17, 15) is 19.7 Å². The molecular formula is C27H31N3O5. The zero-order chi connectivity index (χ0) is 24.9. The Balaban J connectivity index is 1.63. The van der Waals surface area contributed by atoms with Gasteiger partial charge in [-0.1, -0.05) is 37.3 Å². The Bertz CT molecular complexity index is 1230. The van der Waals surface area contributed by atoms with Crippen molar-refractivity contribution in [2.24, 2.45) is 5.92 Å². The van der Waals surface area contributed by atoms with E-state index in [1.54, 1.807) is 24.0 Å². The fourth-order valence-corrected chi connectivity index (χ4v) is 5.01. The van der Waals surface area contributed by atoms with Crippen molar-refractivity contribution in [3.8, 4) is 0 Å². The second-order valence-electron chi connectivity index (χ2n) is 8.95. The first-order valence-electron chi connectivity index (χ1n) is 12.2. The van der Waals surface area contributed by atoms with E-state index in [2.05, 4.69) is 18.0 Å². The highest BCUT2D eigenvalue weighted by Gasteiger charge is 2.31. The average molecular weight is 478 g/mol. The number of carbonyl (C=O) groups excluding carboxylic acids is 2. The second kappa shape index (κ2) is 10.7. The number of nitro benzene ring substituents is 1. The third kappa shape index (κ3) is 5.21. The summed E-state index contributed by atoms with van der Waals surface area (Å²) in [7, 11) is 0. The maximum absolute atomic E-state index is 13.4. The molecule has 1 N–H and O–H groups in total. The third-order valence-corrected chi connectivity index (χ3v) is 6.92. The molecule has 0 aliphatic carbocycles. The number of ether oxygens (including phenoxy) is 1. The molecule has 1 saturated heterocycles. The number of benzene rings is 2. The smallest absolute Gasteiger partial charge is 0.309 e. The summed E-state index contributed by atoms with van der Waals surface area (Å²) in [6.45, 7) is 5.23. The van der Waals surface area contributed by atoms with Crippen LogP contribution in [-0.2, 0) is 20.7 Å². The molecule has 0 saturated carbocycles. The summed E-state index contributed by atoms with van der Waals surface area (Å²) in [5.74, 6) is -0.733. The minimum absolute atomic E-state index is 0.00397. The van der Waals surface area contributed by atoms with Crippen molar-refractivity contribution in [3.63, 3.8) is 0 Å². The maximum atomic E-state index is 13.4. The number of fused-ring (bicyclic) bond motifs is 1. The van der Waals surface area contributed by atoms with Crippen LogP contribution < -0.4 is 0 Å². The summed E-state index contributed by atoms with van der Waals surface area (Å²) in [4.78, 5) is 41.7. The summed E-state index contributed by atoms with van der Waals surface area (Å²) in [6.07, 6.45) is 4.15. The lowest BCUT2D eigenvalue weighted by Crippen LogP contribution is -2.41. The van der Waals surface area contributed by atoms with E-state index in [4.69, 9.17) is 4.74 Å². The lowest BCUT2D eigenvalue weighted by molar-refractivity contribution is -0.384. The largest absolute Gasteiger partial charge is 0.466 e. The van der Waals surface area contributed by atoms with Crippen LogP contribution in [0.3, 0.4) is 0 Å². The van der Waals surface area contributed by atoms with Gasteiger partial charge in [-0.25, -0.2) is 0 Å². The summed E-state index contributed by atoms with van der Waals surface area (Å²) < 4.78 is 5.14. The van der Waals surface area contributed by atoms with Crippen LogP contribution in [0.4, 0.5) is 5.69 Å². The molecule has 1 aliphatic heterocycles. The van der Waals surface area contributed by atoms with E-state index < -0.39 is 4.92 Å². The monoisotopic (exact) mass is 477 g/mol. The topological polar surface area (TPSA) is 106 Å². The molecule has 1 aliphatic rings. The molecule has 8 heteroatoms. The van der Waals surface area contributed by atoms with E-state index in [1.165, 1.54) is 11.6 Å². The Morgan fingerprint density at radius 3 is 2.60 bits per heavy atom. The summed E-state index contributed by atoms with van der Waals surface area (Å²) in [6, 6.07) is 12.7. The number of non-ortho nitro benzene ring substituents is 1.